The number of carbonyl (C=O) groups excluding carboxylic acids is 1. The summed E-state index contributed by atoms with van der Waals surface area (Å²) in [5.74, 6) is 0.692. The molecule has 0 aromatic heterocycles. The number of hydrogen-bond acceptors (Lipinski definition) is 5. The van der Waals surface area contributed by atoms with Gasteiger partial charge < -0.3 is 14.5 Å². The molecule has 1 aliphatic rings. The Bertz CT molecular complexity index is 591. The van der Waals surface area contributed by atoms with Crippen LogP contribution in [-0.2, 0) is 4.79 Å². The standard InChI is InChI=1S/C16H23N3O4/c1-4-23-15-7-5-6-14(16(15)19(21)22)17(3)10-13-8-9-18(11-13)12(2)20/h5-7,13H,4,8-11H2,1-3H3. The minimum Gasteiger partial charge on any atom is -0.487 e. The molecule has 0 aliphatic carbocycles. The quantitative estimate of drug-likeness (QED) is 0.593. The van der Waals surface area contributed by atoms with E-state index in [0.29, 0.717) is 37.1 Å². The number of para-hydroxylation sites is 1. The van der Waals surface area contributed by atoms with Gasteiger partial charge in [-0.15, -0.1) is 0 Å². The number of anilines is 1. The second-order valence-electron chi connectivity index (χ2n) is 5.81. The maximum Gasteiger partial charge on any atom is 0.333 e. The van der Waals surface area contributed by atoms with E-state index in [1.165, 1.54) is 0 Å². The number of nitro benzene ring substituents is 1. The van der Waals surface area contributed by atoms with Crippen molar-refractivity contribution in [2.75, 3.05) is 38.2 Å². The number of nitrogens with zero attached hydrogens (tertiary/aromatic N) is 3. The fourth-order valence-corrected chi connectivity index (χ4v) is 3.03. The lowest BCUT2D eigenvalue weighted by molar-refractivity contribution is -0.385. The summed E-state index contributed by atoms with van der Waals surface area (Å²) in [5, 5.41) is 11.4. The van der Waals surface area contributed by atoms with Crippen molar-refractivity contribution in [2.24, 2.45) is 5.92 Å². The molecule has 1 heterocycles. The maximum atomic E-state index is 11.4. The fraction of sp³-hybridized carbons (Fsp3) is 0.562. The summed E-state index contributed by atoms with van der Waals surface area (Å²) in [6.07, 6.45) is 0.920. The lowest BCUT2D eigenvalue weighted by Gasteiger charge is -2.23. The van der Waals surface area contributed by atoms with Gasteiger partial charge in [-0.3, -0.25) is 14.9 Å². The first kappa shape index (κ1) is 17.1. The molecule has 1 aromatic rings. The number of amides is 1. The van der Waals surface area contributed by atoms with Crippen LogP contribution in [0.1, 0.15) is 20.3 Å². The van der Waals surface area contributed by atoms with E-state index >= 15 is 0 Å². The number of ether oxygens (including phenoxy) is 1. The molecule has 0 saturated carbocycles. The average Bonchev–Trinajstić information content (AvgIpc) is 2.95. The molecule has 1 atom stereocenters. The first-order valence-corrected chi connectivity index (χ1v) is 7.80. The third-order valence-electron chi connectivity index (χ3n) is 4.13. The number of benzene rings is 1. The largest absolute Gasteiger partial charge is 0.487 e. The molecular weight excluding hydrogens is 298 g/mol. The SMILES string of the molecule is CCOc1cccc(N(C)CC2CCN(C(C)=O)C2)c1[N+](=O)[O-]. The van der Waals surface area contributed by atoms with Crippen molar-refractivity contribution in [1.29, 1.82) is 0 Å². The van der Waals surface area contributed by atoms with Crippen LogP contribution in [0.3, 0.4) is 0 Å². The molecule has 0 bridgehead atoms. The highest BCUT2D eigenvalue weighted by Crippen LogP contribution is 2.37. The van der Waals surface area contributed by atoms with E-state index in [1.54, 1.807) is 32.0 Å². The van der Waals surface area contributed by atoms with Crippen LogP contribution in [0.5, 0.6) is 5.75 Å². The molecule has 126 valence electrons. The zero-order valence-corrected chi connectivity index (χ0v) is 13.8. The van der Waals surface area contributed by atoms with Gasteiger partial charge in [0, 0.05) is 33.6 Å². The van der Waals surface area contributed by atoms with Crippen molar-refractivity contribution < 1.29 is 14.5 Å². The summed E-state index contributed by atoms with van der Waals surface area (Å²) >= 11 is 0. The van der Waals surface area contributed by atoms with Gasteiger partial charge in [0.05, 0.1) is 11.5 Å². The second kappa shape index (κ2) is 7.30. The summed E-state index contributed by atoms with van der Waals surface area (Å²) in [4.78, 5) is 26.2. The van der Waals surface area contributed by atoms with Crippen LogP contribution in [0.25, 0.3) is 0 Å². The van der Waals surface area contributed by atoms with Crippen LogP contribution in [0.2, 0.25) is 0 Å². The summed E-state index contributed by atoms with van der Waals surface area (Å²) in [6, 6.07) is 5.12. The Morgan fingerprint density at radius 2 is 2.26 bits per heavy atom. The molecule has 1 aliphatic heterocycles. The van der Waals surface area contributed by atoms with Gasteiger partial charge >= 0.3 is 5.69 Å². The molecule has 7 heteroatoms. The smallest absolute Gasteiger partial charge is 0.333 e. The van der Waals surface area contributed by atoms with Crippen molar-refractivity contribution in [3.8, 4) is 5.75 Å². The summed E-state index contributed by atoms with van der Waals surface area (Å²) in [7, 11) is 1.84. The van der Waals surface area contributed by atoms with Gasteiger partial charge in [-0.05, 0) is 31.4 Å². The molecule has 0 N–H and O–H groups in total. The van der Waals surface area contributed by atoms with E-state index in [-0.39, 0.29) is 11.6 Å². The predicted octanol–water partition coefficient (Wildman–Crippen LogP) is 2.30. The van der Waals surface area contributed by atoms with Gasteiger partial charge in [0.15, 0.2) is 5.75 Å². The van der Waals surface area contributed by atoms with E-state index in [4.69, 9.17) is 4.74 Å². The van der Waals surface area contributed by atoms with Gasteiger partial charge in [0.2, 0.25) is 5.91 Å². The Kier molecular flexibility index (Phi) is 5.41. The predicted molar refractivity (Wildman–Crippen MR) is 87.9 cm³/mol. The lowest BCUT2D eigenvalue weighted by atomic mass is 10.1. The van der Waals surface area contributed by atoms with Crippen molar-refractivity contribution in [2.45, 2.75) is 20.3 Å². The number of nitro groups is 1. The van der Waals surface area contributed by atoms with Crippen LogP contribution in [0.4, 0.5) is 11.4 Å². The molecular formula is C16H23N3O4. The molecule has 2 rings (SSSR count). The van der Waals surface area contributed by atoms with Gasteiger partial charge in [-0.2, -0.15) is 0 Å². The average molecular weight is 321 g/mol. The molecule has 1 aromatic carbocycles. The maximum absolute atomic E-state index is 11.4. The summed E-state index contributed by atoms with van der Waals surface area (Å²) in [6.45, 7) is 5.88. The molecule has 0 spiro atoms. The highest BCUT2D eigenvalue weighted by molar-refractivity contribution is 5.73. The molecule has 1 unspecified atom stereocenters. The number of carbonyl (C=O) groups is 1. The normalized spacial score (nSPS) is 17.2. The third-order valence-corrected chi connectivity index (χ3v) is 4.13. The van der Waals surface area contributed by atoms with E-state index in [0.717, 1.165) is 13.0 Å². The van der Waals surface area contributed by atoms with Crippen molar-refractivity contribution in [3.05, 3.63) is 28.3 Å². The molecule has 1 fully saturated rings. The second-order valence-corrected chi connectivity index (χ2v) is 5.81. The van der Waals surface area contributed by atoms with Gasteiger partial charge in [-0.1, -0.05) is 6.07 Å². The van der Waals surface area contributed by atoms with E-state index in [9.17, 15) is 14.9 Å². The van der Waals surface area contributed by atoms with E-state index in [1.807, 2.05) is 16.8 Å². The highest BCUT2D eigenvalue weighted by Gasteiger charge is 2.28. The van der Waals surface area contributed by atoms with Crippen LogP contribution >= 0.6 is 0 Å². The van der Waals surface area contributed by atoms with E-state index in [2.05, 4.69) is 0 Å². The molecule has 23 heavy (non-hydrogen) atoms. The molecule has 7 nitrogen and oxygen atoms in total. The van der Waals surface area contributed by atoms with Gasteiger partial charge in [0.25, 0.3) is 0 Å². The zero-order chi connectivity index (χ0) is 17.0. The van der Waals surface area contributed by atoms with Crippen LogP contribution in [0.15, 0.2) is 18.2 Å². The minimum atomic E-state index is -0.395. The fourth-order valence-electron chi connectivity index (χ4n) is 3.03. The molecule has 1 amide bonds. The summed E-state index contributed by atoms with van der Waals surface area (Å²) < 4.78 is 5.39. The first-order valence-electron chi connectivity index (χ1n) is 7.80. The van der Waals surface area contributed by atoms with Gasteiger partial charge in [-0.25, -0.2) is 0 Å². The number of likely N-dealkylation sites (tertiary alicyclic amines) is 1. The Morgan fingerprint density at radius 1 is 1.52 bits per heavy atom. The zero-order valence-electron chi connectivity index (χ0n) is 13.8. The Balaban J connectivity index is 2.16. The number of hydrogen-bond donors (Lipinski definition) is 0. The monoisotopic (exact) mass is 321 g/mol. The summed E-state index contributed by atoms with van der Waals surface area (Å²) in [5.41, 5.74) is 0.542. The van der Waals surface area contributed by atoms with Crippen molar-refractivity contribution in [1.82, 2.24) is 4.90 Å². The highest BCUT2D eigenvalue weighted by atomic mass is 16.6. The Hall–Kier alpha value is -2.31. The first-order chi connectivity index (χ1) is 10.9. The molecule has 1 saturated heterocycles. The van der Waals surface area contributed by atoms with Crippen LogP contribution in [-0.4, -0.2) is 49.0 Å². The van der Waals surface area contributed by atoms with Crippen LogP contribution < -0.4 is 9.64 Å². The minimum absolute atomic E-state index is 0.00160. The Morgan fingerprint density at radius 3 is 2.83 bits per heavy atom. The third kappa shape index (κ3) is 3.91. The van der Waals surface area contributed by atoms with Crippen molar-refractivity contribution >= 4 is 17.3 Å². The number of rotatable bonds is 6. The van der Waals surface area contributed by atoms with Crippen molar-refractivity contribution in [3.63, 3.8) is 0 Å². The topological polar surface area (TPSA) is 75.9 Å². The van der Waals surface area contributed by atoms with Gasteiger partial charge in [0.1, 0.15) is 5.69 Å². The molecule has 0 radical (unpaired) electrons. The Labute approximate surface area is 136 Å². The lowest BCUT2D eigenvalue weighted by Crippen LogP contribution is -2.30. The van der Waals surface area contributed by atoms with E-state index < -0.39 is 4.92 Å². The van der Waals surface area contributed by atoms with Crippen LogP contribution in [0, 0.1) is 16.0 Å².